The van der Waals surface area contributed by atoms with Gasteiger partial charge in [-0.2, -0.15) is 0 Å². The van der Waals surface area contributed by atoms with Crippen LogP contribution >= 0.6 is 15.9 Å². The molecule has 0 amide bonds. The van der Waals surface area contributed by atoms with Crippen molar-refractivity contribution >= 4 is 21.7 Å². The molecule has 0 N–H and O–H groups in total. The second-order valence-corrected chi connectivity index (χ2v) is 4.86. The third-order valence-electron chi connectivity index (χ3n) is 2.70. The molecule has 0 aliphatic carbocycles. The molecule has 1 heterocycles. The molecule has 1 aliphatic heterocycles. The van der Waals surface area contributed by atoms with Crippen LogP contribution in [0.25, 0.3) is 0 Å². The highest BCUT2D eigenvalue weighted by Crippen LogP contribution is 2.23. The standard InChI is InChI=1S/C12H13BrO2/c1-8-6-10(7-15-8)12(14)9-2-4-11(13)5-3-9/h2-5,8,10H,6-7H2,1H3. The lowest BCUT2D eigenvalue weighted by atomic mass is 9.95. The monoisotopic (exact) mass is 268 g/mol. The summed E-state index contributed by atoms with van der Waals surface area (Å²) < 4.78 is 6.40. The molecule has 1 aromatic rings. The van der Waals surface area contributed by atoms with E-state index in [4.69, 9.17) is 4.74 Å². The Hall–Kier alpha value is -0.670. The average Bonchev–Trinajstić information content (AvgIpc) is 2.65. The quantitative estimate of drug-likeness (QED) is 0.771. The molecule has 80 valence electrons. The van der Waals surface area contributed by atoms with E-state index < -0.39 is 0 Å². The van der Waals surface area contributed by atoms with Gasteiger partial charge in [0, 0.05) is 16.0 Å². The fraction of sp³-hybridized carbons (Fsp3) is 0.417. The SMILES string of the molecule is CC1CC(C(=O)c2ccc(Br)cc2)CO1. The summed E-state index contributed by atoms with van der Waals surface area (Å²) in [6.45, 7) is 2.57. The highest BCUT2D eigenvalue weighted by atomic mass is 79.9. The number of benzene rings is 1. The van der Waals surface area contributed by atoms with Crippen LogP contribution in [0.1, 0.15) is 23.7 Å². The van der Waals surface area contributed by atoms with Crippen LogP contribution in [0.3, 0.4) is 0 Å². The lowest BCUT2D eigenvalue weighted by Crippen LogP contribution is -2.14. The summed E-state index contributed by atoms with van der Waals surface area (Å²) in [5.74, 6) is 0.244. The van der Waals surface area contributed by atoms with Gasteiger partial charge in [0.15, 0.2) is 5.78 Å². The van der Waals surface area contributed by atoms with E-state index in [9.17, 15) is 4.79 Å². The van der Waals surface area contributed by atoms with Gasteiger partial charge in [-0.1, -0.05) is 28.1 Å². The maximum atomic E-state index is 12.0. The molecule has 15 heavy (non-hydrogen) atoms. The predicted octanol–water partition coefficient (Wildman–Crippen LogP) is 3.06. The van der Waals surface area contributed by atoms with E-state index in [0.717, 1.165) is 16.5 Å². The van der Waals surface area contributed by atoms with Gasteiger partial charge in [-0.15, -0.1) is 0 Å². The average molecular weight is 269 g/mol. The number of halogens is 1. The fourth-order valence-corrected chi connectivity index (χ4v) is 2.11. The van der Waals surface area contributed by atoms with E-state index in [1.165, 1.54) is 0 Å². The van der Waals surface area contributed by atoms with E-state index >= 15 is 0 Å². The Balaban J connectivity index is 2.11. The van der Waals surface area contributed by atoms with Gasteiger partial charge in [0.05, 0.1) is 12.7 Å². The van der Waals surface area contributed by atoms with Crippen LogP contribution in [-0.2, 0) is 4.74 Å². The molecule has 0 spiro atoms. The first kappa shape index (κ1) is 10.8. The molecule has 2 nitrogen and oxygen atoms in total. The zero-order valence-corrected chi connectivity index (χ0v) is 10.2. The largest absolute Gasteiger partial charge is 0.378 e. The number of ketones is 1. The third-order valence-corrected chi connectivity index (χ3v) is 3.23. The van der Waals surface area contributed by atoms with Crippen LogP contribution in [0.2, 0.25) is 0 Å². The van der Waals surface area contributed by atoms with Crippen LogP contribution in [-0.4, -0.2) is 18.5 Å². The highest BCUT2D eigenvalue weighted by Gasteiger charge is 2.28. The van der Waals surface area contributed by atoms with E-state index in [2.05, 4.69) is 15.9 Å². The van der Waals surface area contributed by atoms with Crippen LogP contribution < -0.4 is 0 Å². The molecule has 2 atom stereocenters. The second kappa shape index (κ2) is 4.45. The molecule has 1 aromatic carbocycles. The van der Waals surface area contributed by atoms with E-state index in [-0.39, 0.29) is 17.8 Å². The lowest BCUT2D eigenvalue weighted by Gasteiger charge is -2.06. The number of Topliss-reactive ketones (excluding diaryl/α,β-unsaturated/α-hetero) is 1. The Kier molecular flexibility index (Phi) is 3.22. The fourth-order valence-electron chi connectivity index (χ4n) is 1.85. The molecule has 1 fully saturated rings. The summed E-state index contributed by atoms with van der Waals surface area (Å²) in [5.41, 5.74) is 0.779. The molecular formula is C12H13BrO2. The molecule has 3 heteroatoms. The Morgan fingerprint density at radius 3 is 2.60 bits per heavy atom. The first-order valence-electron chi connectivity index (χ1n) is 5.08. The van der Waals surface area contributed by atoms with Crippen LogP contribution in [0, 0.1) is 5.92 Å². The van der Waals surface area contributed by atoms with Crippen molar-refractivity contribution in [3.63, 3.8) is 0 Å². The molecular weight excluding hydrogens is 256 g/mol. The molecule has 0 aromatic heterocycles. The van der Waals surface area contributed by atoms with Crippen LogP contribution in [0.15, 0.2) is 28.7 Å². The van der Waals surface area contributed by atoms with Crippen molar-refractivity contribution in [3.05, 3.63) is 34.3 Å². The third kappa shape index (κ3) is 2.47. The van der Waals surface area contributed by atoms with Crippen molar-refractivity contribution in [1.82, 2.24) is 0 Å². The number of hydrogen-bond acceptors (Lipinski definition) is 2. The lowest BCUT2D eigenvalue weighted by molar-refractivity contribution is 0.0877. The van der Waals surface area contributed by atoms with Crippen molar-refractivity contribution in [1.29, 1.82) is 0 Å². The van der Waals surface area contributed by atoms with Crippen molar-refractivity contribution in [2.24, 2.45) is 5.92 Å². The van der Waals surface area contributed by atoms with Crippen molar-refractivity contribution < 1.29 is 9.53 Å². The molecule has 2 rings (SSSR count). The Bertz CT molecular complexity index is 358. The normalized spacial score (nSPS) is 25.5. The molecule has 0 bridgehead atoms. The molecule has 1 saturated heterocycles. The van der Waals surface area contributed by atoms with Gasteiger partial charge in [0.1, 0.15) is 0 Å². The molecule has 0 radical (unpaired) electrons. The highest BCUT2D eigenvalue weighted by molar-refractivity contribution is 9.10. The van der Waals surface area contributed by atoms with Gasteiger partial charge in [0.2, 0.25) is 0 Å². The minimum Gasteiger partial charge on any atom is -0.378 e. The van der Waals surface area contributed by atoms with Crippen LogP contribution in [0.4, 0.5) is 0 Å². The van der Waals surface area contributed by atoms with Gasteiger partial charge in [-0.25, -0.2) is 0 Å². The summed E-state index contributed by atoms with van der Waals surface area (Å²) in [7, 11) is 0. The Labute approximate surface area is 97.8 Å². The first-order chi connectivity index (χ1) is 7.16. The molecule has 1 aliphatic rings. The van der Waals surface area contributed by atoms with Crippen molar-refractivity contribution in [3.8, 4) is 0 Å². The summed E-state index contributed by atoms with van der Waals surface area (Å²) in [6, 6.07) is 7.50. The van der Waals surface area contributed by atoms with Crippen molar-refractivity contribution in [2.45, 2.75) is 19.4 Å². The van der Waals surface area contributed by atoms with E-state index in [1.54, 1.807) is 0 Å². The van der Waals surface area contributed by atoms with Gasteiger partial charge in [0.25, 0.3) is 0 Å². The minimum atomic E-state index is 0.0428. The maximum Gasteiger partial charge on any atom is 0.168 e. The van der Waals surface area contributed by atoms with Gasteiger partial charge < -0.3 is 4.74 Å². The predicted molar refractivity (Wildman–Crippen MR) is 62.0 cm³/mol. The molecule has 0 saturated carbocycles. The van der Waals surface area contributed by atoms with E-state index in [0.29, 0.717) is 6.61 Å². The summed E-state index contributed by atoms with van der Waals surface area (Å²) in [6.07, 6.45) is 1.06. The second-order valence-electron chi connectivity index (χ2n) is 3.95. The zero-order valence-electron chi connectivity index (χ0n) is 8.57. The molecule has 2 unspecified atom stereocenters. The zero-order chi connectivity index (χ0) is 10.8. The van der Waals surface area contributed by atoms with Crippen LogP contribution in [0.5, 0.6) is 0 Å². The summed E-state index contributed by atoms with van der Waals surface area (Å²) >= 11 is 3.35. The smallest absolute Gasteiger partial charge is 0.168 e. The minimum absolute atomic E-state index is 0.0428. The topological polar surface area (TPSA) is 26.3 Å². The number of carbonyl (C=O) groups excluding carboxylic acids is 1. The Morgan fingerprint density at radius 2 is 2.07 bits per heavy atom. The summed E-state index contributed by atoms with van der Waals surface area (Å²) in [4.78, 5) is 12.0. The van der Waals surface area contributed by atoms with Crippen molar-refractivity contribution in [2.75, 3.05) is 6.61 Å². The first-order valence-corrected chi connectivity index (χ1v) is 5.87. The van der Waals surface area contributed by atoms with E-state index in [1.807, 2.05) is 31.2 Å². The number of rotatable bonds is 2. The van der Waals surface area contributed by atoms with Gasteiger partial charge in [-0.3, -0.25) is 4.79 Å². The number of hydrogen-bond donors (Lipinski definition) is 0. The van der Waals surface area contributed by atoms with Gasteiger partial charge in [-0.05, 0) is 25.5 Å². The maximum absolute atomic E-state index is 12.0. The summed E-state index contributed by atoms with van der Waals surface area (Å²) in [5, 5.41) is 0. The Morgan fingerprint density at radius 1 is 1.40 bits per heavy atom. The number of ether oxygens (including phenoxy) is 1. The number of carbonyl (C=O) groups is 1. The van der Waals surface area contributed by atoms with Gasteiger partial charge >= 0.3 is 0 Å².